The SMILES string of the molecule is c1ccc(-c2ccc(-c3cccc(N(c4ccc(-c5cccc6oc7ccccc7c56)cc4)c4cccc5oc6ccccc6c45)c3)cc2)cc1. The van der Waals surface area contributed by atoms with Crippen LogP contribution in [0.25, 0.3) is 77.3 Å². The normalized spacial score (nSPS) is 11.5. The van der Waals surface area contributed by atoms with Crippen LogP contribution in [0.4, 0.5) is 17.1 Å². The maximum atomic E-state index is 6.37. The van der Waals surface area contributed by atoms with E-state index in [4.69, 9.17) is 8.83 Å². The van der Waals surface area contributed by atoms with Crippen molar-refractivity contribution in [2.24, 2.45) is 0 Å². The number of hydrogen-bond donors (Lipinski definition) is 0. The van der Waals surface area contributed by atoms with E-state index >= 15 is 0 Å². The van der Waals surface area contributed by atoms with Gasteiger partial charge in [0.1, 0.15) is 22.3 Å². The Balaban J connectivity index is 1.12. The van der Waals surface area contributed by atoms with Crippen molar-refractivity contribution < 1.29 is 8.83 Å². The summed E-state index contributed by atoms with van der Waals surface area (Å²) in [7, 11) is 0. The molecular weight excluding hydrogens is 623 g/mol. The molecular formula is C48H31NO2. The molecule has 0 atom stereocenters. The Morgan fingerprint density at radius 3 is 1.55 bits per heavy atom. The standard InChI is InChI=1S/C48H31NO2/c1-2-11-32(12-3-1)33-23-25-34(26-24-33)36-13-8-14-38(31-36)49(42-18-10-22-46-48(42)41-16-5-7-20-44(41)51-46)37-29-27-35(28-30-37)39-17-9-21-45-47(39)40-15-4-6-19-43(40)50-45/h1-31H. The number of fused-ring (bicyclic) bond motifs is 6. The summed E-state index contributed by atoms with van der Waals surface area (Å²) < 4.78 is 12.6. The van der Waals surface area contributed by atoms with E-state index in [1.54, 1.807) is 0 Å². The zero-order valence-corrected chi connectivity index (χ0v) is 27.7. The second-order valence-electron chi connectivity index (χ2n) is 12.9. The van der Waals surface area contributed by atoms with E-state index in [2.05, 4.69) is 163 Å². The minimum atomic E-state index is 0.862. The quantitative estimate of drug-likeness (QED) is 0.179. The van der Waals surface area contributed by atoms with Crippen LogP contribution in [-0.4, -0.2) is 0 Å². The number of rotatable bonds is 6. The highest BCUT2D eigenvalue weighted by Crippen LogP contribution is 2.44. The molecule has 240 valence electrons. The highest BCUT2D eigenvalue weighted by atomic mass is 16.3. The lowest BCUT2D eigenvalue weighted by Crippen LogP contribution is -2.10. The topological polar surface area (TPSA) is 29.5 Å². The van der Waals surface area contributed by atoms with Gasteiger partial charge in [-0.2, -0.15) is 0 Å². The summed E-state index contributed by atoms with van der Waals surface area (Å²) in [5, 5.41) is 4.44. The van der Waals surface area contributed by atoms with Crippen LogP contribution in [-0.2, 0) is 0 Å². The molecule has 0 aliphatic carbocycles. The molecule has 10 aromatic rings. The van der Waals surface area contributed by atoms with Crippen LogP contribution < -0.4 is 4.90 Å². The van der Waals surface area contributed by atoms with Crippen molar-refractivity contribution in [3.05, 3.63) is 188 Å². The summed E-state index contributed by atoms with van der Waals surface area (Å²) in [6.07, 6.45) is 0. The lowest BCUT2D eigenvalue weighted by Gasteiger charge is -2.27. The number of furan rings is 2. The highest BCUT2D eigenvalue weighted by Gasteiger charge is 2.20. The van der Waals surface area contributed by atoms with Gasteiger partial charge < -0.3 is 13.7 Å². The summed E-state index contributed by atoms with van der Waals surface area (Å²) >= 11 is 0. The van der Waals surface area contributed by atoms with E-state index in [1.165, 1.54) is 16.7 Å². The number of hydrogen-bond acceptors (Lipinski definition) is 3. The number of benzene rings is 8. The van der Waals surface area contributed by atoms with Crippen molar-refractivity contribution in [2.45, 2.75) is 0 Å². The molecule has 0 N–H and O–H groups in total. The molecule has 8 aromatic carbocycles. The summed E-state index contributed by atoms with van der Waals surface area (Å²) in [5.74, 6) is 0. The Kier molecular flexibility index (Phi) is 6.81. The summed E-state index contributed by atoms with van der Waals surface area (Å²) in [4.78, 5) is 2.35. The van der Waals surface area contributed by atoms with Crippen molar-refractivity contribution in [3.63, 3.8) is 0 Å². The second-order valence-corrected chi connectivity index (χ2v) is 12.9. The van der Waals surface area contributed by atoms with Crippen LogP contribution in [0, 0.1) is 0 Å². The molecule has 0 bridgehead atoms. The monoisotopic (exact) mass is 653 g/mol. The van der Waals surface area contributed by atoms with Crippen molar-refractivity contribution >= 4 is 60.9 Å². The van der Waals surface area contributed by atoms with E-state index in [1.807, 2.05) is 30.3 Å². The zero-order chi connectivity index (χ0) is 33.7. The van der Waals surface area contributed by atoms with Gasteiger partial charge in [0.25, 0.3) is 0 Å². The van der Waals surface area contributed by atoms with Gasteiger partial charge in [-0.25, -0.2) is 0 Å². The maximum absolute atomic E-state index is 6.37. The number of nitrogens with zero attached hydrogens (tertiary/aromatic N) is 1. The summed E-state index contributed by atoms with van der Waals surface area (Å²) in [6.45, 7) is 0. The Hall–Kier alpha value is -6.84. The van der Waals surface area contributed by atoms with Crippen molar-refractivity contribution in [1.29, 1.82) is 0 Å². The summed E-state index contributed by atoms with van der Waals surface area (Å²) in [6, 6.07) is 66.2. The first-order valence-corrected chi connectivity index (χ1v) is 17.3. The van der Waals surface area contributed by atoms with E-state index in [0.717, 1.165) is 77.6 Å². The first-order valence-electron chi connectivity index (χ1n) is 17.3. The molecule has 0 amide bonds. The largest absolute Gasteiger partial charge is 0.456 e. The predicted octanol–water partition coefficient (Wildman–Crippen LogP) is 14.0. The Morgan fingerprint density at radius 2 is 0.824 bits per heavy atom. The van der Waals surface area contributed by atoms with Gasteiger partial charge in [-0.1, -0.05) is 133 Å². The molecule has 0 aliphatic rings. The Bertz CT molecular complexity index is 2840. The molecule has 51 heavy (non-hydrogen) atoms. The molecule has 0 saturated carbocycles. The maximum Gasteiger partial charge on any atom is 0.137 e. The van der Waals surface area contributed by atoms with Gasteiger partial charge in [-0.3, -0.25) is 0 Å². The average Bonchev–Trinajstić information content (AvgIpc) is 3.78. The fraction of sp³-hybridized carbons (Fsp3) is 0. The van der Waals surface area contributed by atoms with Gasteiger partial charge in [0, 0.05) is 27.5 Å². The molecule has 0 spiro atoms. The second kappa shape index (κ2) is 11.9. The van der Waals surface area contributed by atoms with Gasteiger partial charge >= 0.3 is 0 Å². The van der Waals surface area contributed by atoms with E-state index in [0.29, 0.717) is 0 Å². The molecule has 0 fully saturated rings. The fourth-order valence-corrected chi connectivity index (χ4v) is 7.49. The minimum absolute atomic E-state index is 0.862. The highest BCUT2D eigenvalue weighted by molar-refractivity contribution is 6.14. The molecule has 2 aromatic heterocycles. The van der Waals surface area contributed by atoms with Crippen LogP contribution in [0.15, 0.2) is 197 Å². The van der Waals surface area contributed by atoms with Gasteiger partial charge in [0.05, 0.1) is 11.1 Å². The van der Waals surface area contributed by atoms with Crippen molar-refractivity contribution in [1.82, 2.24) is 0 Å². The van der Waals surface area contributed by atoms with E-state index < -0.39 is 0 Å². The fourth-order valence-electron chi connectivity index (χ4n) is 7.49. The third-order valence-corrected chi connectivity index (χ3v) is 9.89. The molecule has 0 radical (unpaired) electrons. The van der Waals surface area contributed by atoms with Gasteiger partial charge in [0.2, 0.25) is 0 Å². The van der Waals surface area contributed by atoms with Gasteiger partial charge in [-0.15, -0.1) is 0 Å². The van der Waals surface area contributed by atoms with Crippen LogP contribution in [0.5, 0.6) is 0 Å². The number of anilines is 3. The predicted molar refractivity (Wildman–Crippen MR) is 212 cm³/mol. The Labute approximate surface area is 295 Å². The smallest absolute Gasteiger partial charge is 0.137 e. The molecule has 3 heteroatoms. The first kappa shape index (κ1) is 29.1. The van der Waals surface area contributed by atoms with Crippen LogP contribution in [0.2, 0.25) is 0 Å². The van der Waals surface area contributed by atoms with Crippen LogP contribution in [0.3, 0.4) is 0 Å². The summed E-state index contributed by atoms with van der Waals surface area (Å²) in [5.41, 5.74) is 13.7. The lowest BCUT2D eigenvalue weighted by molar-refractivity contribution is 0.668. The molecule has 0 unspecified atom stereocenters. The van der Waals surface area contributed by atoms with Crippen molar-refractivity contribution in [3.8, 4) is 33.4 Å². The lowest BCUT2D eigenvalue weighted by atomic mass is 9.98. The van der Waals surface area contributed by atoms with Crippen LogP contribution in [0.1, 0.15) is 0 Å². The number of para-hydroxylation sites is 2. The minimum Gasteiger partial charge on any atom is -0.456 e. The van der Waals surface area contributed by atoms with E-state index in [-0.39, 0.29) is 0 Å². The Morgan fingerprint density at radius 1 is 0.314 bits per heavy atom. The molecule has 10 rings (SSSR count). The molecule has 2 heterocycles. The van der Waals surface area contributed by atoms with Gasteiger partial charge in [0.15, 0.2) is 0 Å². The van der Waals surface area contributed by atoms with Crippen LogP contribution >= 0.6 is 0 Å². The molecule has 0 saturated heterocycles. The first-order chi connectivity index (χ1) is 25.3. The third-order valence-electron chi connectivity index (χ3n) is 9.89. The van der Waals surface area contributed by atoms with Gasteiger partial charge in [-0.05, 0) is 88.0 Å². The van der Waals surface area contributed by atoms with E-state index in [9.17, 15) is 0 Å². The molecule has 0 aliphatic heterocycles. The third kappa shape index (κ3) is 4.98. The van der Waals surface area contributed by atoms with Crippen molar-refractivity contribution in [2.75, 3.05) is 4.90 Å². The molecule has 3 nitrogen and oxygen atoms in total. The zero-order valence-electron chi connectivity index (χ0n) is 27.7. The average molecular weight is 654 g/mol.